The van der Waals surface area contributed by atoms with Gasteiger partial charge in [0, 0.05) is 6.54 Å². The Morgan fingerprint density at radius 1 is 1.40 bits per heavy atom. The highest BCUT2D eigenvalue weighted by atomic mass is 32.2. The van der Waals surface area contributed by atoms with E-state index in [1.54, 1.807) is 11.8 Å². The zero-order chi connectivity index (χ0) is 11.3. The van der Waals surface area contributed by atoms with Gasteiger partial charge in [0.15, 0.2) is 0 Å². The average Bonchev–Trinajstić information content (AvgIpc) is 2.60. The smallest absolute Gasteiger partial charge is 0.360 e. The Hall–Kier alpha value is -0.500. The van der Waals surface area contributed by atoms with Crippen molar-refractivity contribution < 1.29 is 13.2 Å². The molecule has 1 N–H and O–H groups in total. The fraction of sp³-hybridized carbons (Fsp3) is 0.714. The minimum Gasteiger partial charge on any atom is -0.360 e. The molecule has 0 aromatic carbocycles. The van der Waals surface area contributed by atoms with E-state index in [1.807, 2.05) is 6.26 Å². The van der Waals surface area contributed by atoms with Gasteiger partial charge in [-0.05, 0) is 18.4 Å². The van der Waals surface area contributed by atoms with E-state index in [1.165, 1.54) is 0 Å². The molecule has 1 aromatic rings. The molecule has 0 aliphatic heterocycles. The summed E-state index contributed by atoms with van der Waals surface area (Å²) in [5, 5.41) is 8.59. The standard InChI is InChI=1S/C7H10F3N3S2/c1-14-4-2-3-11-6-13-12-5(15-6)7(8,9)10/h2-4H2,1H3,(H,11,13). The molecule has 0 fully saturated rings. The third-order valence-electron chi connectivity index (χ3n) is 1.47. The summed E-state index contributed by atoms with van der Waals surface area (Å²) in [4.78, 5) is 0. The number of nitrogens with one attached hydrogen (secondary N) is 1. The van der Waals surface area contributed by atoms with Crippen molar-refractivity contribution in [3.63, 3.8) is 0 Å². The topological polar surface area (TPSA) is 37.8 Å². The third kappa shape index (κ3) is 4.25. The van der Waals surface area contributed by atoms with Crippen LogP contribution in [0.5, 0.6) is 0 Å². The molecule has 1 aromatic heterocycles. The molecule has 0 aliphatic rings. The number of nitrogens with zero attached hydrogens (tertiary/aromatic N) is 2. The lowest BCUT2D eigenvalue weighted by Gasteiger charge is -2.00. The first-order chi connectivity index (χ1) is 7.04. The second-order valence-electron chi connectivity index (χ2n) is 2.68. The molecule has 0 saturated carbocycles. The van der Waals surface area contributed by atoms with Crippen LogP contribution >= 0.6 is 23.1 Å². The van der Waals surface area contributed by atoms with Gasteiger partial charge in [0.05, 0.1) is 0 Å². The van der Waals surface area contributed by atoms with Crippen LogP contribution < -0.4 is 5.32 Å². The number of alkyl halides is 3. The van der Waals surface area contributed by atoms with Crippen LogP contribution in [0.2, 0.25) is 0 Å². The van der Waals surface area contributed by atoms with Crippen molar-refractivity contribution in [1.82, 2.24) is 10.2 Å². The van der Waals surface area contributed by atoms with Gasteiger partial charge in [0.1, 0.15) is 0 Å². The monoisotopic (exact) mass is 257 g/mol. The Balaban J connectivity index is 2.40. The van der Waals surface area contributed by atoms with Crippen molar-refractivity contribution in [1.29, 1.82) is 0 Å². The second kappa shape index (κ2) is 5.55. The van der Waals surface area contributed by atoms with Crippen molar-refractivity contribution in [3.8, 4) is 0 Å². The van der Waals surface area contributed by atoms with Gasteiger partial charge in [-0.1, -0.05) is 11.3 Å². The molecule has 0 amide bonds. The number of halogens is 3. The molecule has 0 aliphatic carbocycles. The minimum absolute atomic E-state index is 0.225. The number of rotatable bonds is 5. The van der Waals surface area contributed by atoms with E-state index in [4.69, 9.17) is 0 Å². The van der Waals surface area contributed by atoms with Crippen molar-refractivity contribution >= 4 is 28.2 Å². The van der Waals surface area contributed by atoms with Gasteiger partial charge in [-0.2, -0.15) is 24.9 Å². The lowest BCUT2D eigenvalue weighted by molar-refractivity contribution is -0.138. The SMILES string of the molecule is CSCCCNc1nnc(C(F)(F)F)s1. The molecule has 0 unspecified atom stereocenters. The summed E-state index contributed by atoms with van der Waals surface area (Å²) in [5.41, 5.74) is 0. The van der Waals surface area contributed by atoms with E-state index in [0.717, 1.165) is 12.2 Å². The summed E-state index contributed by atoms with van der Waals surface area (Å²) in [7, 11) is 0. The number of hydrogen-bond donors (Lipinski definition) is 1. The number of anilines is 1. The summed E-state index contributed by atoms with van der Waals surface area (Å²) in [6.45, 7) is 0.618. The van der Waals surface area contributed by atoms with Gasteiger partial charge in [-0.15, -0.1) is 10.2 Å². The highest BCUT2D eigenvalue weighted by Gasteiger charge is 2.35. The summed E-state index contributed by atoms with van der Waals surface area (Å²) < 4.78 is 36.4. The lowest BCUT2D eigenvalue weighted by Crippen LogP contribution is -2.03. The van der Waals surface area contributed by atoms with Gasteiger partial charge in [0.2, 0.25) is 10.1 Å². The van der Waals surface area contributed by atoms with Crippen molar-refractivity contribution in [2.24, 2.45) is 0 Å². The Kier molecular flexibility index (Phi) is 4.65. The van der Waals surface area contributed by atoms with E-state index in [0.29, 0.717) is 17.9 Å². The Morgan fingerprint density at radius 3 is 2.67 bits per heavy atom. The van der Waals surface area contributed by atoms with Crippen molar-refractivity contribution in [3.05, 3.63) is 5.01 Å². The van der Waals surface area contributed by atoms with E-state index < -0.39 is 11.2 Å². The Labute approximate surface area is 93.5 Å². The molecule has 0 saturated heterocycles. The maximum absolute atomic E-state index is 12.1. The van der Waals surface area contributed by atoms with Crippen molar-refractivity contribution in [2.45, 2.75) is 12.6 Å². The van der Waals surface area contributed by atoms with Gasteiger partial charge >= 0.3 is 6.18 Å². The summed E-state index contributed by atoms with van der Waals surface area (Å²) in [5.74, 6) is 0.970. The molecule has 0 spiro atoms. The first-order valence-corrected chi connectivity index (χ1v) is 6.38. The molecule has 3 nitrogen and oxygen atoms in total. The van der Waals surface area contributed by atoms with Gasteiger partial charge in [-0.25, -0.2) is 0 Å². The Bertz CT molecular complexity index is 300. The predicted octanol–water partition coefficient (Wildman–Crippen LogP) is 2.72. The molecule has 0 atom stereocenters. The fourth-order valence-electron chi connectivity index (χ4n) is 0.821. The summed E-state index contributed by atoms with van der Waals surface area (Å²) >= 11 is 2.23. The number of hydrogen-bond acceptors (Lipinski definition) is 5. The quantitative estimate of drug-likeness (QED) is 0.823. The van der Waals surface area contributed by atoms with Crippen LogP contribution in [-0.4, -0.2) is 28.8 Å². The third-order valence-corrected chi connectivity index (χ3v) is 3.09. The first-order valence-electron chi connectivity index (χ1n) is 4.17. The molecule has 8 heteroatoms. The lowest BCUT2D eigenvalue weighted by atomic mass is 10.5. The first kappa shape index (κ1) is 12.6. The normalized spacial score (nSPS) is 11.7. The zero-order valence-corrected chi connectivity index (χ0v) is 9.60. The van der Waals surface area contributed by atoms with Crippen LogP contribution in [-0.2, 0) is 6.18 Å². The van der Waals surface area contributed by atoms with Crippen LogP contribution in [0, 0.1) is 0 Å². The van der Waals surface area contributed by atoms with E-state index in [-0.39, 0.29) is 5.13 Å². The minimum atomic E-state index is -4.39. The molecule has 1 heterocycles. The van der Waals surface area contributed by atoms with Crippen LogP contribution in [0.1, 0.15) is 11.4 Å². The zero-order valence-electron chi connectivity index (χ0n) is 7.97. The van der Waals surface area contributed by atoms with Crippen LogP contribution in [0.15, 0.2) is 0 Å². The van der Waals surface area contributed by atoms with Crippen LogP contribution in [0.4, 0.5) is 18.3 Å². The highest BCUT2D eigenvalue weighted by molar-refractivity contribution is 7.98. The highest BCUT2D eigenvalue weighted by Crippen LogP contribution is 2.32. The predicted molar refractivity (Wildman–Crippen MR) is 56.4 cm³/mol. The molecule has 0 bridgehead atoms. The maximum Gasteiger partial charge on any atom is 0.445 e. The van der Waals surface area contributed by atoms with Crippen LogP contribution in [0.3, 0.4) is 0 Å². The maximum atomic E-state index is 12.1. The summed E-state index contributed by atoms with van der Waals surface area (Å²) in [6.07, 6.45) is -1.52. The fourth-order valence-corrected chi connectivity index (χ4v) is 1.89. The average molecular weight is 257 g/mol. The number of aromatic nitrogens is 2. The second-order valence-corrected chi connectivity index (χ2v) is 4.65. The molecule has 86 valence electrons. The molecular formula is C7H10F3N3S2. The van der Waals surface area contributed by atoms with Gasteiger partial charge in [-0.3, -0.25) is 0 Å². The Morgan fingerprint density at radius 2 is 2.13 bits per heavy atom. The molecular weight excluding hydrogens is 247 g/mol. The van der Waals surface area contributed by atoms with Gasteiger partial charge in [0.25, 0.3) is 0 Å². The molecule has 1 rings (SSSR count). The largest absolute Gasteiger partial charge is 0.445 e. The molecule has 15 heavy (non-hydrogen) atoms. The molecule has 0 radical (unpaired) electrons. The van der Waals surface area contributed by atoms with Gasteiger partial charge < -0.3 is 5.32 Å². The van der Waals surface area contributed by atoms with Crippen molar-refractivity contribution in [2.75, 3.05) is 23.9 Å². The van der Waals surface area contributed by atoms with E-state index in [9.17, 15) is 13.2 Å². The number of thioether (sulfide) groups is 1. The van der Waals surface area contributed by atoms with E-state index in [2.05, 4.69) is 15.5 Å². The van der Waals surface area contributed by atoms with Crippen LogP contribution in [0.25, 0.3) is 0 Å². The summed E-state index contributed by atoms with van der Waals surface area (Å²) in [6, 6.07) is 0. The van der Waals surface area contributed by atoms with E-state index >= 15 is 0 Å².